The first-order chi connectivity index (χ1) is 14.9. The van der Waals surface area contributed by atoms with Gasteiger partial charge in [-0.15, -0.1) is 0 Å². The monoisotopic (exact) mass is 423 g/mol. The molecule has 0 aliphatic carbocycles. The van der Waals surface area contributed by atoms with Gasteiger partial charge in [0.05, 0.1) is 13.7 Å². The second kappa shape index (κ2) is 10.1. The molecule has 7 heteroatoms. The fraction of sp³-hybridized carbons (Fsp3) is 0.375. The Balaban J connectivity index is 1.48. The van der Waals surface area contributed by atoms with Gasteiger partial charge in [0, 0.05) is 37.3 Å². The highest BCUT2D eigenvalue weighted by molar-refractivity contribution is 5.96. The van der Waals surface area contributed by atoms with Crippen molar-refractivity contribution >= 4 is 23.4 Å². The van der Waals surface area contributed by atoms with Crippen LogP contribution >= 0.6 is 0 Å². The maximum absolute atomic E-state index is 12.8. The van der Waals surface area contributed by atoms with Crippen LogP contribution in [0.4, 0.5) is 5.69 Å². The fourth-order valence-corrected chi connectivity index (χ4v) is 3.79. The standard InChI is InChI=1S/C24H29N3O4/c1-17-6-4-5-7-21(17)24(30)27-14-12-18(13-15-27)23(29)26(2)16-22(28)25-19-8-10-20(31-3)11-9-19/h4-11,18H,12-16H2,1-3H3,(H,25,28). The van der Waals surface area contributed by atoms with Crippen LogP contribution < -0.4 is 10.1 Å². The van der Waals surface area contributed by atoms with Gasteiger partial charge in [0.25, 0.3) is 5.91 Å². The lowest BCUT2D eigenvalue weighted by atomic mass is 9.94. The van der Waals surface area contributed by atoms with Gasteiger partial charge in [-0.3, -0.25) is 14.4 Å². The Morgan fingerprint density at radius 3 is 2.32 bits per heavy atom. The SMILES string of the molecule is COc1ccc(NC(=O)CN(C)C(=O)C2CCN(C(=O)c3ccccc3C)CC2)cc1. The fourth-order valence-electron chi connectivity index (χ4n) is 3.79. The zero-order valence-corrected chi connectivity index (χ0v) is 18.3. The summed E-state index contributed by atoms with van der Waals surface area (Å²) in [7, 11) is 3.22. The van der Waals surface area contributed by atoms with Crippen LogP contribution in [-0.2, 0) is 9.59 Å². The van der Waals surface area contributed by atoms with Gasteiger partial charge in [0.15, 0.2) is 0 Å². The Bertz CT molecular complexity index is 934. The highest BCUT2D eigenvalue weighted by Gasteiger charge is 2.30. The number of nitrogens with one attached hydrogen (secondary N) is 1. The molecule has 0 bridgehead atoms. The lowest BCUT2D eigenvalue weighted by molar-refractivity contribution is -0.138. The number of amides is 3. The van der Waals surface area contributed by atoms with Crippen LogP contribution in [0.25, 0.3) is 0 Å². The summed E-state index contributed by atoms with van der Waals surface area (Å²) in [4.78, 5) is 41.1. The van der Waals surface area contributed by atoms with E-state index in [0.717, 1.165) is 5.56 Å². The maximum Gasteiger partial charge on any atom is 0.254 e. The first-order valence-corrected chi connectivity index (χ1v) is 10.4. The Morgan fingerprint density at radius 1 is 1.06 bits per heavy atom. The summed E-state index contributed by atoms with van der Waals surface area (Å²) in [5, 5.41) is 2.79. The third kappa shape index (κ3) is 5.63. The van der Waals surface area contributed by atoms with Crippen molar-refractivity contribution in [3.05, 3.63) is 59.7 Å². The molecule has 1 aliphatic rings. The van der Waals surface area contributed by atoms with Gasteiger partial charge in [0.1, 0.15) is 5.75 Å². The van der Waals surface area contributed by atoms with Gasteiger partial charge in [-0.05, 0) is 55.7 Å². The summed E-state index contributed by atoms with van der Waals surface area (Å²) in [6, 6.07) is 14.6. The molecule has 31 heavy (non-hydrogen) atoms. The molecule has 1 fully saturated rings. The van der Waals surface area contributed by atoms with Crippen molar-refractivity contribution in [2.75, 3.05) is 39.1 Å². The molecule has 1 N–H and O–H groups in total. The molecule has 164 valence electrons. The number of benzene rings is 2. The first kappa shape index (κ1) is 22.3. The van der Waals surface area contributed by atoms with Crippen molar-refractivity contribution in [3.8, 4) is 5.75 Å². The van der Waals surface area contributed by atoms with Crippen molar-refractivity contribution in [1.82, 2.24) is 9.80 Å². The number of methoxy groups -OCH3 is 1. The molecule has 1 saturated heterocycles. The molecular formula is C24H29N3O4. The molecule has 2 aromatic carbocycles. The predicted molar refractivity (Wildman–Crippen MR) is 119 cm³/mol. The molecule has 0 radical (unpaired) electrons. The van der Waals surface area contributed by atoms with E-state index in [1.807, 2.05) is 36.1 Å². The third-order valence-electron chi connectivity index (χ3n) is 5.64. The molecule has 7 nitrogen and oxygen atoms in total. The Kier molecular flexibility index (Phi) is 7.28. The minimum absolute atomic E-state index is 0.0104. The molecule has 0 spiro atoms. The molecule has 3 amide bonds. The highest BCUT2D eigenvalue weighted by atomic mass is 16.5. The average molecular weight is 424 g/mol. The lowest BCUT2D eigenvalue weighted by Crippen LogP contribution is -2.45. The number of hydrogen-bond donors (Lipinski definition) is 1. The topological polar surface area (TPSA) is 79.0 Å². The van der Waals surface area contributed by atoms with Gasteiger partial charge in [-0.25, -0.2) is 0 Å². The van der Waals surface area contributed by atoms with Crippen molar-refractivity contribution in [3.63, 3.8) is 0 Å². The molecule has 1 aliphatic heterocycles. The molecule has 0 saturated carbocycles. The van der Waals surface area contributed by atoms with E-state index in [1.165, 1.54) is 4.90 Å². The number of hydrogen-bond acceptors (Lipinski definition) is 4. The smallest absolute Gasteiger partial charge is 0.254 e. The van der Waals surface area contributed by atoms with E-state index in [2.05, 4.69) is 5.32 Å². The zero-order chi connectivity index (χ0) is 22.4. The number of ether oxygens (including phenoxy) is 1. The van der Waals surface area contributed by atoms with Crippen LogP contribution in [0.5, 0.6) is 5.75 Å². The molecule has 0 atom stereocenters. The second-order valence-corrected chi connectivity index (χ2v) is 7.85. The number of carbonyl (C=O) groups excluding carboxylic acids is 3. The van der Waals surface area contributed by atoms with E-state index in [4.69, 9.17) is 4.74 Å². The van der Waals surface area contributed by atoms with Crippen molar-refractivity contribution in [2.24, 2.45) is 5.92 Å². The zero-order valence-electron chi connectivity index (χ0n) is 18.3. The minimum atomic E-state index is -0.256. The van der Waals surface area contributed by atoms with E-state index in [9.17, 15) is 14.4 Å². The number of aryl methyl sites for hydroxylation is 1. The van der Waals surface area contributed by atoms with E-state index in [0.29, 0.717) is 42.9 Å². The van der Waals surface area contributed by atoms with Crippen LogP contribution in [0.1, 0.15) is 28.8 Å². The van der Waals surface area contributed by atoms with E-state index < -0.39 is 0 Å². The largest absolute Gasteiger partial charge is 0.497 e. The van der Waals surface area contributed by atoms with E-state index in [-0.39, 0.29) is 30.2 Å². The van der Waals surface area contributed by atoms with Gasteiger partial charge in [0.2, 0.25) is 11.8 Å². The molecule has 2 aromatic rings. The predicted octanol–water partition coefficient (Wildman–Crippen LogP) is 2.95. The Hall–Kier alpha value is -3.35. The summed E-state index contributed by atoms with van der Waals surface area (Å²) in [5.41, 5.74) is 2.31. The number of rotatable bonds is 6. The van der Waals surface area contributed by atoms with Crippen LogP contribution in [0.2, 0.25) is 0 Å². The van der Waals surface area contributed by atoms with Gasteiger partial charge in [-0.2, -0.15) is 0 Å². The molecular weight excluding hydrogens is 394 g/mol. The average Bonchev–Trinajstić information content (AvgIpc) is 2.79. The molecule has 0 unspecified atom stereocenters. The van der Waals surface area contributed by atoms with Crippen LogP contribution in [-0.4, -0.2) is 61.3 Å². The van der Waals surface area contributed by atoms with Crippen LogP contribution in [0, 0.1) is 12.8 Å². The van der Waals surface area contributed by atoms with Crippen molar-refractivity contribution in [2.45, 2.75) is 19.8 Å². The summed E-state index contributed by atoms with van der Waals surface area (Å²) in [6.45, 7) is 2.98. The summed E-state index contributed by atoms with van der Waals surface area (Å²) < 4.78 is 5.10. The second-order valence-electron chi connectivity index (χ2n) is 7.85. The molecule has 3 rings (SSSR count). The number of likely N-dealkylation sites (tertiary alicyclic amines) is 1. The quantitative estimate of drug-likeness (QED) is 0.775. The number of piperidine rings is 1. The van der Waals surface area contributed by atoms with E-state index in [1.54, 1.807) is 38.4 Å². The van der Waals surface area contributed by atoms with Gasteiger partial charge >= 0.3 is 0 Å². The van der Waals surface area contributed by atoms with Crippen molar-refractivity contribution in [1.29, 1.82) is 0 Å². The Labute approximate surface area is 183 Å². The first-order valence-electron chi connectivity index (χ1n) is 10.4. The summed E-state index contributed by atoms with van der Waals surface area (Å²) in [5.74, 6) is 0.217. The number of anilines is 1. The normalized spacial score (nSPS) is 14.1. The summed E-state index contributed by atoms with van der Waals surface area (Å²) >= 11 is 0. The summed E-state index contributed by atoms with van der Waals surface area (Å²) in [6.07, 6.45) is 1.20. The lowest BCUT2D eigenvalue weighted by Gasteiger charge is -2.33. The van der Waals surface area contributed by atoms with Crippen molar-refractivity contribution < 1.29 is 19.1 Å². The molecule has 1 heterocycles. The number of likely N-dealkylation sites (N-methyl/N-ethyl adjacent to an activating group) is 1. The number of nitrogens with zero attached hydrogens (tertiary/aromatic N) is 2. The van der Waals surface area contributed by atoms with Gasteiger partial charge in [-0.1, -0.05) is 18.2 Å². The highest BCUT2D eigenvalue weighted by Crippen LogP contribution is 2.22. The van der Waals surface area contributed by atoms with Crippen LogP contribution in [0.3, 0.4) is 0 Å². The van der Waals surface area contributed by atoms with Crippen LogP contribution in [0.15, 0.2) is 48.5 Å². The van der Waals surface area contributed by atoms with Gasteiger partial charge < -0.3 is 19.9 Å². The van der Waals surface area contributed by atoms with E-state index >= 15 is 0 Å². The number of carbonyl (C=O) groups is 3. The maximum atomic E-state index is 12.8. The third-order valence-corrected chi connectivity index (χ3v) is 5.64. The molecule has 0 aromatic heterocycles. The minimum Gasteiger partial charge on any atom is -0.497 e. The Morgan fingerprint density at radius 2 is 1.71 bits per heavy atom.